The molecule has 61 heavy (non-hydrogen) atoms. The lowest BCUT2D eigenvalue weighted by atomic mass is 9.82. The highest BCUT2D eigenvalue weighted by Gasteiger charge is 2.36. The Morgan fingerprint density at radius 1 is 0.344 bits per heavy atom. The van der Waals surface area contributed by atoms with Gasteiger partial charge >= 0.3 is 0 Å². The minimum absolute atomic E-state index is 0.00822. The molecule has 0 aliphatic heterocycles. The van der Waals surface area contributed by atoms with Gasteiger partial charge in [0.25, 0.3) is 0 Å². The van der Waals surface area contributed by atoms with Crippen molar-refractivity contribution in [3.63, 3.8) is 0 Å². The minimum atomic E-state index is -1.51. The molecular formula is C55H38F4N2. The summed E-state index contributed by atoms with van der Waals surface area (Å²) < 4.78 is 66.7. The van der Waals surface area contributed by atoms with Crippen molar-refractivity contribution in [3.8, 4) is 33.4 Å². The van der Waals surface area contributed by atoms with Crippen molar-refractivity contribution in [2.75, 3.05) is 9.80 Å². The molecule has 9 aromatic carbocycles. The summed E-state index contributed by atoms with van der Waals surface area (Å²) in [6.45, 7) is 4.44. The van der Waals surface area contributed by atoms with Crippen LogP contribution in [-0.4, -0.2) is 0 Å². The van der Waals surface area contributed by atoms with Gasteiger partial charge in [-0.25, -0.2) is 17.6 Å². The molecule has 6 heteroatoms. The SMILES string of the molecule is CC1(C)c2ccccc2-c2ccc(N(c3ccccc3)c3ccc(-c4c(F)c(F)c(N(c5ccc(-c6ccccc6)cc5)c5ccc6ccccc6c5)c(F)c4F)cc3)cc21. The summed E-state index contributed by atoms with van der Waals surface area (Å²) in [5.74, 6) is -6.00. The van der Waals surface area contributed by atoms with Gasteiger partial charge in [0.2, 0.25) is 0 Å². The fraction of sp³-hybridized carbons (Fsp3) is 0.0545. The molecule has 2 nitrogen and oxygen atoms in total. The van der Waals surface area contributed by atoms with E-state index in [9.17, 15) is 0 Å². The molecular weight excluding hydrogens is 765 g/mol. The van der Waals surface area contributed by atoms with Gasteiger partial charge in [-0.15, -0.1) is 0 Å². The second kappa shape index (κ2) is 15.0. The zero-order valence-electron chi connectivity index (χ0n) is 33.4. The van der Waals surface area contributed by atoms with Gasteiger partial charge in [-0.3, -0.25) is 0 Å². The molecule has 1 aliphatic rings. The largest absolute Gasteiger partial charge is 0.310 e. The first-order valence-electron chi connectivity index (χ1n) is 20.2. The van der Waals surface area contributed by atoms with Crippen LogP contribution in [0.5, 0.6) is 0 Å². The number of hydrogen-bond acceptors (Lipinski definition) is 2. The van der Waals surface area contributed by atoms with E-state index >= 15 is 17.6 Å². The fourth-order valence-electron chi connectivity index (χ4n) is 8.86. The highest BCUT2D eigenvalue weighted by atomic mass is 19.2. The van der Waals surface area contributed by atoms with Gasteiger partial charge in [0, 0.05) is 33.9 Å². The molecule has 0 saturated carbocycles. The summed E-state index contributed by atoms with van der Waals surface area (Å²) in [7, 11) is 0. The quantitative estimate of drug-likeness (QED) is 0.112. The topological polar surface area (TPSA) is 6.48 Å². The second-order valence-corrected chi connectivity index (χ2v) is 15.9. The minimum Gasteiger partial charge on any atom is -0.310 e. The number of benzene rings is 9. The van der Waals surface area contributed by atoms with Gasteiger partial charge in [0.1, 0.15) is 5.69 Å². The molecule has 9 aromatic rings. The molecule has 0 heterocycles. The van der Waals surface area contributed by atoms with Crippen LogP contribution < -0.4 is 9.80 Å². The number of nitrogens with zero attached hydrogens (tertiary/aromatic N) is 2. The third-order valence-corrected chi connectivity index (χ3v) is 11.9. The Morgan fingerprint density at radius 3 is 1.51 bits per heavy atom. The molecule has 0 atom stereocenters. The summed E-state index contributed by atoms with van der Waals surface area (Å²) in [4.78, 5) is 3.30. The summed E-state index contributed by atoms with van der Waals surface area (Å²) in [5, 5.41) is 1.70. The Bertz CT molecular complexity index is 3060. The first-order valence-corrected chi connectivity index (χ1v) is 20.2. The van der Waals surface area contributed by atoms with E-state index in [0.29, 0.717) is 17.1 Å². The molecule has 0 radical (unpaired) electrons. The van der Waals surface area contributed by atoms with Crippen LogP contribution in [0.25, 0.3) is 44.2 Å². The Balaban J connectivity index is 1.06. The number of anilines is 6. The molecule has 0 unspecified atom stereocenters. The van der Waals surface area contributed by atoms with Crippen LogP contribution in [0.2, 0.25) is 0 Å². The predicted octanol–water partition coefficient (Wildman–Crippen LogP) is 16.0. The summed E-state index contributed by atoms with van der Waals surface area (Å²) in [6.07, 6.45) is 0. The zero-order valence-corrected chi connectivity index (χ0v) is 33.4. The summed E-state index contributed by atoms with van der Waals surface area (Å²) in [5.41, 5.74) is 7.88. The lowest BCUT2D eigenvalue weighted by Crippen LogP contribution is -2.17. The number of hydrogen-bond donors (Lipinski definition) is 0. The van der Waals surface area contributed by atoms with Gasteiger partial charge in [0.05, 0.1) is 5.56 Å². The van der Waals surface area contributed by atoms with Crippen molar-refractivity contribution in [2.45, 2.75) is 19.3 Å². The normalized spacial score (nSPS) is 12.6. The molecule has 0 N–H and O–H groups in total. The van der Waals surface area contributed by atoms with Crippen molar-refractivity contribution in [1.82, 2.24) is 0 Å². The molecule has 0 spiro atoms. The van der Waals surface area contributed by atoms with E-state index in [2.05, 4.69) is 61.2 Å². The van der Waals surface area contributed by atoms with E-state index in [1.807, 2.05) is 103 Å². The third-order valence-electron chi connectivity index (χ3n) is 11.9. The van der Waals surface area contributed by atoms with E-state index in [4.69, 9.17) is 0 Å². The van der Waals surface area contributed by atoms with Crippen molar-refractivity contribution in [3.05, 3.63) is 229 Å². The highest BCUT2D eigenvalue weighted by Crippen LogP contribution is 2.51. The molecule has 0 aromatic heterocycles. The van der Waals surface area contributed by atoms with Gasteiger partial charge in [-0.05, 0) is 110 Å². The van der Waals surface area contributed by atoms with E-state index in [0.717, 1.165) is 33.3 Å². The average Bonchev–Trinajstić information content (AvgIpc) is 3.53. The Hall–Kier alpha value is -7.44. The Kier molecular flexibility index (Phi) is 9.29. The fourth-order valence-corrected chi connectivity index (χ4v) is 8.86. The summed E-state index contributed by atoms with van der Waals surface area (Å²) in [6, 6.07) is 60.6. The maximum atomic E-state index is 16.8. The van der Waals surface area contributed by atoms with Crippen LogP contribution in [-0.2, 0) is 5.41 Å². The molecule has 1 aliphatic carbocycles. The maximum absolute atomic E-state index is 16.8. The van der Waals surface area contributed by atoms with Gasteiger partial charge in [-0.1, -0.05) is 147 Å². The van der Waals surface area contributed by atoms with Gasteiger partial charge in [0.15, 0.2) is 23.3 Å². The number of para-hydroxylation sites is 1. The Morgan fingerprint density at radius 2 is 0.820 bits per heavy atom. The van der Waals surface area contributed by atoms with Crippen LogP contribution in [0.4, 0.5) is 51.7 Å². The zero-order chi connectivity index (χ0) is 41.8. The first-order chi connectivity index (χ1) is 29.7. The van der Waals surface area contributed by atoms with Crippen LogP contribution in [0, 0.1) is 23.3 Å². The first kappa shape index (κ1) is 37.8. The van der Waals surface area contributed by atoms with E-state index in [1.165, 1.54) is 39.3 Å². The number of halogens is 4. The highest BCUT2D eigenvalue weighted by molar-refractivity contribution is 5.91. The van der Waals surface area contributed by atoms with Crippen LogP contribution in [0.1, 0.15) is 25.0 Å². The van der Waals surface area contributed by atoms with Crippen LogP contribution in [0.15, 0.2) is 194 Å². The standard InChI is InChI=1S/C55H38F4N2/c1-55(2)47-20-12-11-19-45(47)46-32-31-44(34-48(46)55)60(40-17-7-4-8-18-40)41-28-24-38(25-29-41)49-50(56)52(58)54(53(59)51(49)57)61(43-30-23-36-15-9-10-16-39(36)33-43)42-26-21-37(22-27-42)35-13-5-3-6-14-35/h3-34H,1-2H3. The Labute approximate surface area is 352 Å². The number of fused-ring (bicyclic) bond motifs is 4. The lowest BCUT2D eigenvalue weighted by Gasteiger charge is -2.28. The van der Waals surface area contributed by atoms with Crippen molar-refractivity contribution >= 4 is 44.9 Å². The van der Waals surface area contributed by atoms with E-state index in [1.54, 1.807) is 36.4 Å². The second-order valence-electron chi connectivity index (χ2n) is 15.9. The van der Waals surface area contributed by atoms with Crippen LogP contribution >= 0.6 is 0 Å². The molecule has 10 rings (SSSR count). The van der Waals surface area contributed by atoms with Crippen LogP contribution in [0.3, 0.4) is 0 Å². The summed E-state index contributed by atoms with van der Waals surface area (Å²) >= 11 is 0. The van der Waals surface area contributed by atoms with E-state index < -0.39 is 34.5 Å². The average molecular weight is 803 g/mol. The molecule has 0 saturated heterocycles. The molecule has 0 amide bonds. The smallest absolute Gasteiger partial charge is 0.186 e. The van der Waals surface area contributed by atoms with Gasteiger partial charge < -0.3 is 9.80 Å². The van der Waals surface area contributed by atoms with Gasteiger partial charge in [-0.2, -0.15) is 0 Å². The molecule has 0 fully saturated rings. The van der Waals surface area contributed by atoms with E-state index in [-0.39, 0.29) is 11.0 Å². The number of rotatable bonds is 8. The van der Waals surface area contributed by atoms with Crippen molar-refractivity contribution < 1.29 is 17.6 Å². The molecule has 0 bridgehead atoms. The maximum Gasteiger partial charge on any atom is 0.186 e. The molecule has 296 valence electrons. The lowest BCUT2D eigenvalue weighted by molar-refractivity contribution is 0.461. The monoisotopic (exact) mass is 802 g/mol. The van der Waals surface area contributed by atoms with Crippen molar-refractivity contribution in [1.29, 1.82) is 0 Å². The van der Waals surface area contributed by atoms with Crippen molar-refractivity contribution in [2.24, 2.45) is 0 Å². The predicted molar refractivity (Wildman–Crippen MR) is 242 cm³/mol. The third kappa shape index (κ3) is 6.43.